The van der Waals surface area contributed by atoms with Crippen LogP contribution in [-0.2, 0) is 18.9 Å². The van der Waals surface area contributed by atoms with Crippen molar-refractivity contribution in [2.45, 2.75) is 32.7 Å². The van der Waals surface area contributed by atoms with Crippen LogP contribution in [0.25, 0.3) is 27.7 Å². The molecule has 0 saturated heterocycles. The van der Waals surface area contributed by atoms with E-state index in [2.05, 4.69) is 20.5 Å². The molecule has 1 amide bonds. The summed E-state index contributed by atoms with van der Waals surface area (Å²) in [5.74, 6) is -0.805. The van der Waals surface area contributed by atoms with Crippen LogP contribution in [0.1, 0.15) is 38.7 Å². The zero-order chi connectivity index (χ0) is 31.4. The van der Waals surface area contributed by atoms with Gasteiger partial charge in [0, 0.05) is 11.6 Å². The highest BCUT2D eigenvalue weighted by molar-refractivity contribution is 6.04. The molecular weight excluding hydrogens is 586 g/mol. The van der Waals surface area contributed by atoms with E-state index in [0.717, 1.165) is 35.0 Å². The zero-order valence-corrected chi connectivity index (χ0v) is 23.1. The Hall–Kier alpha value is -5.20. The van der Waals surface area contributed by atoms with Crippen molar-refractivity contribution in [1.82, 2.24) is 24.4 Å². The summed E-state index contributed by atoms with van der Waals surface area (Å²) in [7, 11) is 0. The molecule has 7 nitrogen and oxygen atoms in total. The Kier molecular flexibility index (Phi) is 6.90. The first-order chi connectivity index (χ1) is 20.8. The molecule has 1 N–H and O–H groups in total. The molecule has 224 valence electrons. The summed E-state index contributed by atoms with van der Waals surface area (Å²) in [6.07, 6.45) is -9.31. The molecule has 0 aliphatic rings. The third-order valence-electron chi connectivity index (χ3n) is 7.20. The van der Waals surface area contributed by atoms with Gasteiger partial charge in [-0.05, 0) is 54.4 Å². The number of nitrogens with one attached hydrogen (secondary N) is 1. The van der Waals surface area contributed by atoms with Gasteiger partial charge in [-0.15, -0.1) is 0 Å². The fourth-order valence-corrected chi connectivity index (χ4v) is 5.01. The minimum atomic E-state index is -4.80. The average molecular weight is 609 g/mol. The maximum atomic E-state index is 14.1. The normalized spacial score (nSPS) is 12.3. The van der Waals surface area contributed by atoms with Crippen molar-refractivity contribution in [3.8, 4) is 11.3 Å². The molecule has 6 aromatic rings. The van der Waals surface area contributed by atoms with E-state index in [4.69, 9.17) is 0 Å². The first-order valence-electron chi connectivity index (χ1n) is 13.3. The van der Waals surface area contributed by atoms with Crippen LogP contribution >= 0.6 is 0 Å². The second-order valence-corrected chi connectivity index (χ2v) is 10.2. The molecule has 0 atom stereocenters. The summed E-state index contributed by atoms with van der Waals surface area (Å²) < 4.78 is 83.9. The molecule has 3 aromatic heterocycles. The molecule has 0 spiro atoms. The molecule has 0 unspecified atom stereocenters. The zero-order valence-electron chi connectivity index (χ0n) is 23.1. The second kappa shape index (κ2) is 10.5. The number of hydrogen-bond donors (Lipinski definition) is 1. The van der Waals surface area contributed by atoms with Crippen molar-refractivity contribution in [3.63, 3.8) is 0 Å². The van der Waals surface area contributed by atoms with E-state index in [1.807, 2.05) is 24.3 Å². The lowest BCUT2D eigenvalue weighted by Crippen LogP contribution is -2.16. The molecule has 0 aliphatic carbocycles. The highest BCUT2D eigenvalue weighted by Gasteiger charge is 2.36. The van der Waals surface area contributed by atoms with Gasteiger partial charge in [0.25, 0.3) is 5.91 Å². The lowest BCUT2D eigenvalue weighted by atomic mass is 10.0. The maximum Gasteiger partial charge on any atom is 0.433 e. The second-order valence-electron chi connectivity index (χ2n) is 10.2. The van der Waals surface area contributed by atoms with E-state index in [1.54, 1.807) is 32.0 Å². The summed E-state index contributed by atoms with van der Waals surface area (Å²) in [5, 5.41) is 12.6. The van der Waals surface area contributed by atoms with Gasteiger partial charge in [-0.3, -0.25) is 9.48 Å². The van der Waals surface area contributed by atoms with Crippen molar-refractivity contribution in [2.24, 2.45) is 0 Å². The van der Waals surface area contributed by atoms with E-state index >= 15 is 0 Å². The van der Waals surface area contributed by atoms with Crippen LogP contribution in [-0.4, -0.2) is 30.3 Å². The van der Waals surface area contributed by atoms with Gasteiger partial charge in [-0.2, -0.15) is 36.5 Å². The number of rotatable bonds is 5. The fraction of sp³-hybridized carbons (Fsp3) is 0.161. The molecule has 3 aromatic carbocycles. The van der Waals surface area contributed by atoms with Gasteiger partial charge in [0.1, 0.15) is 0 Å². The van der Waals surface area contributed by atoms with E-state index in [9.17, 15) is 31.1 Å². The van der Waals surface area contributed by atoms with Gasteiger partial charge in [-0.25, -0.2) is 9.50 Å². The number of hydrogen-bond acceptors (Lipinski definition) is 4. The van der Waals surface area contributed by atoms with E-state index in [-0.39, 0.29) is 29.3 Å². The largest absolute Gasteiger partial charge is 0.433 e. The molecule has 0 saturated carbocycles. The lowest BCUT2D eigenvalue weighted by Gasteiger charge is -2.11. The number of carbonyl (C=O) groups excluding carboxylic acids is 1. The minimum Gasteiger partial charge on any atom is -0.317 e. The number of aromatic nitrogens is 5. The number of fused-ring (bicyclic) bond motifs is 2. The highest BCUT2D eigenvalue weighted by atomic mass is 19.4. The van der Waals surface area contributed by atoms with Crippen molar-refractivity contribution in [3.05, 3.63) is 113 Å². The Morgan fingerprint density at radius 1 is 0.818 bits per heavy atom. The van der Waals surface area contributed by atoms with Crippen molar-refractivity contribution in [2.75, 3.05) is 5.32 Å². The molecular formula is C31H22F6N6O. The van der Waals surface area contributed by atoms with Gasteiger partial charge in [0.05, 0.1) is 34.9 Å². The monoisotopic (exact) mass is 608 g/mol. The Balaban J connectivity index is 1.32. The first kappa shape index (κ1) is 28.9. The molecule has 13 heteroatoms. The van der Waals surface area contributed by atoms with E-state index in [1.165, 1.54) is 16.8 Å². The smallest absolute Gasteiger partial charge is 0.317 e. The number of carbonyl (C=O) groups is 1. The molecule has 44 heavy (non-hydrogen) atoms. The van der Waals surface area contributed by atoms with Gasteiger partial charge >= 0.3 is 12.4 Å². The Morgan fingerprint density at radius 3 is 2.30 bits per heavy atom. The third-order valence-corrected chi connectivity index (χ3v) is 7.20. The van der Waals surface area contributed by atoms with Crippen LogP contribution in [0.4, 0.5) is 32.0 Å². The summed E-state index contributed by atoms with van der Waals surface area (Å²) >= 11 is 0. The number of amides is 1. The van der Waals surface area contributed by atoms with Crippen LogP contribution in [0.15, 0.2) is 78.9 Å². The number of halogens is 6. The number of aryl methyl sites for hydroxylation is 1. The molecule has 0 bridgehead atoms. The predicted octanol–water partition coefficient (Wildman–Crippen LogP) is 7.70. The Bertz CT molecular complexity index is 2060. The summed E-state index contributed by atoms with van der Waals surface area (Å²) in [6, 6.07) is 19.5. The minimum absolute atomic E-state index is 0.00274. The standard InChI is InChI=1S/C31H22F6N6O/c1-17-28(18(2)42(40-17)16-19-6-5-9-23(12-19)30(32,33)34)39-29(44)25-15-27-38-24(14-26(31(35,36)37)43(27)41-25)22-11-10-20-7-3-4-8-21(20)13-22/h3-15H,16H2,1-2H3,(H,39,44). The van der Waals surface area contributed by atoms with Crippen LogP contribution < -0.4 is 5.32 Å². The quantitative estimate of drug-likeness (QED) is 0.204. The van der Waals surface area contributed by atoms with Crippen molar-refractivity contribution in [1.29, 1.82) is 0 Å². The SMILES string of the molecule is Cc1nn(Cc2cccc(C(F)(F)F)c2)c(C)c1NC(=O)c1cc2nc(-c3ccc4ccccc4c3)cc(C(F)(F)F)n2n1. The molecule has 3 heterocycles. The van der Waals surface area contributed by atoms with Crippen LogP contribution in [0.5, 0.6) is 0 Å². The van der Waals surface area contributed by atoms with Crippen LogP contribution in [0, 0.1) is 13.8 Å². The average Bonchev–Trinajstić information content (AvgIpc) is 3.52. The third kappa shape index (κ3) is 5.48. The summed E-state index contributed by atoms with van der Waals surface area (Å²) in [6.45, 7) is 3.21. The number of benzene rings is 3. The molecule has 6 rings (SSSR count). The fourth-order valence-electron chi connectivity index (χ4n) is 5.01. The van der Waals surface area contributed by atoms with Crippen molar-refractivity contribution >= 4 is 28.0 Å². The number of nitrogens with zero attached hydrogens (tertiary/aromatic N) is 5. The predicted molar refractivity (Wildman–Crippen MR) is 151 cm³/mol. The van der Waals surface area contributed by atoms with E-state index < -0.39 is 29.5 Å². The molecule has 0 radical (unpaired) electrons. The van der Waals surface area contributed by atoms with Gasteiger partial charge in [-0.1, -0.05) is 48.5 Å². The summed E-state index contributed by atoms with van der Waals surface area (Å²) in [4.78, 5) is 17.6. The Labute approximate surface area is 245 Å². The van der Waals surface area contributed by atoms with E-state index in [0.29, 0.717) is 27.0 Å². The molecule has 0 aliphatic heterocycles. The van der Waals surface area contributed by atoms with Gasteiger partial charge < -0.3 is 5.32 Å². The van der Waals surface area contributed by atoms with Gasteiger partial charge in [0.2, 0.25) is 0 Å². The topological polar surface area (TPSA) is 77.1 Å². The highest BCUT2D eigenvalue weighted by Crippen LogP contribution is 2.34. The lowest BCUT2D eigenvalue weighted by molar-refractivity contribution is -0.142. The first-order valence-corrected chi connectivity index (χ1v) is 13.3. The maximum absolute atomic E-state index is 14.1. The summed E-state index contributed by atoms with van der Waals surface area (Å²) in [5.41, 5.74) is -0.475. The molecule has 0 fully saturated rings. The van der Waals surface area contributed by atoms with Crippen molar-refractivity contribution < 1.29 is 31.1 Å². The Morgan fingerprint density at radius 2 is 1.57 bits per heavy atom. The van der Waals surface area contributed by atoms with Gasteiger partial charge in [0.15, 0.2) is 17.0 Å². The van der Waals surface area contributed by atoms with Crippen LogP contribution in [0.3, 0.4) is 0 Å². The number of anilines is 1. The number of alkyl halides is 6. The van der Waals surface area contributed by atoms with Crippen LogP contribution in [0.2, 0.25) is 0 Å².